The molecule has 1 aromatic heterocycles. The van der Waals surface area contributed by atoms with Crippen LogP contribution in [0.1, 0.15) is 16.0 Å². The number of aryl methyl sites for hydroxylation is 1. The van der Waals surface area contributed by atoms with Crippen LogP contribution >= 0.6 is 11.3 Å². The molecule has 1 heterocycles. The van der Waals surface area contributed by atoms with Crippen LogP contribution in [0, 0.1) is 13.8 Å². The number of anilines is 1. The molecule has 0 spiro atoms. The van der Waals surface area contributed by atoms with Gasteiger partial charge in [-0.1, -0.05) is 12.1 Å². The van der Waals surface area contributed by atoms with Crippen LogP contribution in [0.2, 0.25) is 0 Å². The molecular weight excluding hydrogens is 204 g/mol. The van der Waals surface area contributed by atoms with Gasteiger partial charge in [-0.05, 0) is 31.0 Å². The Morgan fingerprint density at radius 3 is 2.93 bits per heavy atom. The predicted octanol–water partition coefficient (Wildman–Crippen LogP) is 3.37. The first-order valence-electron chi connectivity index (χ1n) is 4.95. The molecule has 0 aliphatic heterocycles. The van der Waals surface area contributed by atoms with E-state index < -0.39 is 0 Å². The molecule has 2 aromatic rings. The third-order valence-corrected chi connectivity index (χ3v) is 3.32. The van der Waals surface area contributed by atoms with Crippen LogP contribution in [0.4, 0.5) is 5.69 Å². The molecule has 1 aromatic carbocycles. The van der Waals surface area contributed by atoms with Gasteiger partial charge in [0, 0.05) is 16.8 Å². The smallest absolute Gasteiger partial charge is 0.0794 e. The first-order chi connectivity index (χ1) is 7.27. The van der Waals surface area contributed by atoms with Gasteiger partial charge in [0.1, 0.15) is 0 Å². The lowest BCUT2D eigenvalue weighted by Crippen LogP contribution is -2.00. The minimum atomic E-state index is 0.856. The highest BCUT2D eigenvalue weighted by Gasteiger charge is 2.00. The molecule has 0 amide bonds. The summed E-state index contributed by atoms with van der Waals surface area (Å²) in [6.45, 7) is 5.13. The second-order valence-corrected chi connectivity index (χ2v) is 4.54. The maximum atomic E-state index is 4.05. The van der Waals surface area contributed by atoms with Crippen LogP contribution in [-0.2, 0) is 6.54 Å². The number of nitrogens with one attached hydrogen (secondary N) is 1. The summed E-state index contributed by atoms with van der Waals surface area (Å²) < 4.78 is 0. The molecular formula is C12H14N2S. The average molecular weight is 218 g/mol. The van der Waals surface area contributed by atoms with Crippen molar-refractivity contribution in [3.63, 3.8) is 0 Å². The van der Waals surface area contributed by atoms with Gasteiger partial charge in [0.2, 0.25) is 0 Å². The summed E-state index contributed by atoms with van der Waals surface area (Å²) in [6.07, 6.45) is 1.91. The molecule has 1 N–H and O–H groups in total. The number of nitrogens with zero attached hydrogens (tertiary/aromatic N) is 1. The van der Waals surface area contributed by atoms with E-state index in [0.717, 1.165) is 6.54 Å². The molecule has 0 bridgehead atoms. The Morgan fingerprint density at radius 2 is 2.20 bits per heavy atom. The Labute approximate surface area is 94.0 Å². The third kappa shape index (κ3) is 2.36. The van der Waals surface area contributed by atoms with Crippen molar-refractivity contribution in [1.29, 1.82) is 0 Å². The van der Waals surface area contributed by atoms with Crippen molar-refractivity contribution in [3.05, 3.63) is 45.9 Å². The quantitative estimate of drug-likeness (QED) is 0.854. The molecule has 0 aliphatic carbocycles. The van der Waals surface area contributed by atoms with E-state index in [0.29, 0.717) is 0 Å². The van der Waals surface area contributed by atoms with Gasteiger partial charge >= 0.3 is 0 Å². The maximum Gasteiger partial charge on any atom is 0.0794 e. The first kappa shape index (κ1) is 10.2. The lowest BCUT2D eigenvalue weighted by Gasteiger charge is -2.10. The number of aromatic nitrogens is 1. The number of benzene rings is 1. The molecule has 0 unspecified atom stereocenters. The highest BCUT2D eigenvalue weighted by molar-refractivity contribution is 7.09. The Hall–Kier alpha value is -1.35. The van der Waals surface area contributed by atoms with Crippen molar-refractivity contribution in [1.82, 2.24) is 4.98 Å². The minimum absolute atomic E-state index is 0.856. The van der Waals surface area contributed by atoms with E-state index in [-0.39, 0.29) is 0 Å². The predicted molar refractivity (Wildman–Crippen MR) is 65.4 cm³/mol. The van der Waals surface area contributed by atoms with E-state index in [4.69, 9.17) is 0 Å². The lowest BCUT2D eigenvalue weighted by molar-refractivity contribution is 1.16. The van der Waals surface area contributed by atoms with Gasteiger partial charge in [-0.3, -0.25) is 4.98 Å². The van der Waals surface area contributed by atoms with Gasteiger partial charge < -0.3 is 5.32 Å². The van der Waals surface area contributed by atoms with Crippen molar-refractivity contribution in [2.24, 2.45) is 0 Å². The zero-order chi connectivity index (χ0) is 10.7. The maximum absolute atomic E-state index is 4.05. The van der Waals surface area contributed by atoms with Crippen molar-refractivity contribution < 1.29 is 0 Å². The number of rotatable bonds is 3. The second kappa shape index (κ2) is 4.45. The number of thiazole rings is 1. The van der Waals surface area contributed by atoms with E-state index in [2.05, 4.69) is 42.3 Å². The van der Waals surface area contributed by atoms with Crippen LogP contribution in [-0.4, -0.2) is 4.98 Å². The fourth-order valence-corrected chi connectivity index (χ4v) is 1.99. The van der Waals surface area contributed by atoms with Crippen molar-refractivity contribution in [2.45, 2.75) is 20.4 Å². The standard InChI is InChI=1S/C12H14N2S/c1-9-4-3-5-12(10(9)2)14-7-11-6-13-8-15-11/h3-6,8,14H,7H2,1-2H3. The Balaban J connectivity index is 2.08. The zero-order valence-corrected chi connectivity index (χ0v) is 9.77. The summed E-state index contributed by atoms with van der Waals surface area (Å²) in [5, 5.41) is 3.43. The second-order valence-electron chi connectivity index (χ2n) is 3.57. The summed E-state index contributed by atoms with van der Waals surface area (Å²) in [5.74, 6) is 0. The zero-order valence-electron chi connectivity index (χ0n) is 8.95. The summed E-state index contributed by atoms with van der Waals surface area (Å²) in [4.78, 5) is 5.31. The van der Waals surface area contributed by atoms with Crippen LogP contribution in [0.15, 0.2) is 29.9 Å². The topological polar surface area (TPSA) is 24.9 Å². The molecule has 2 nitrogen and oxygen atoms in total. The highest BCUT2D eigenvalue weighted by Crippen LogP contribution is 2.19. The van der Waals surface area contributed by atoms with Gasteiger partial charge in [0.15, 0.2) is 0 Å². The summed E-state index contributed by atoms with van der Waals surface area (Å²) in [5.41, 5.74) is 5.72. The normalized spacial score (nSPS) is 10.3. The van der Waals surface area contributed by atoms with Crippen LogP contribution in [0.25, 0.3) is 0 Å². The Bertz CT molecular complexity index is 435. The SMILES string of the molecule is Cc1cccc(NCc2cncs2)c1C. The summed E-state index contributed by atoms with van der Waals surface area (Å²) >= 11 is 1.68. The van der Waals surface area contributed by atoms with Gasteiger partial charge in [-0.2, -0.15) is 0 Å². The lowest BCUT2D eigenvalue weighted by atomic mass is 10.1. The molecule has 0 atom stereocenters. The number of hydrogen-bond donors (Lipinski definition) is 1. The summed E-state index contributed by atoms with van der Waals surface area (Å²) in [6, 6.07) is 6.33. The fraction of sp³-hybridized carbons (Fsp3) is 0.250. The Kier molecular flexibility index (Phi) is 3.02. The van der Waals surface area contributed by atoms with E-state index >= 15 is 0 Å². The minimum Gasteiger partial charge on any atom is -0.380 e. The molecule has 3 heteroatoms. The van der Waals surface area contributed by atoms with Crippen LogP contribution < -0.4 is 5.32 Å². The van der Waals surface area contributed by atoms with Gasteiger partial charge in [-0.25, -0.2) is 0 Å². The van der Waals surface area contributed by atoms with Gasteiger partial charge in [-0.15, -0.1) is 11.3 Å². The van der Waals surface area contributed by atoms with Crippen molar-refractivity contribution in [2.75, 3.05) is 5.32 Å². The molecule has 0 fully saturated rings. The van der Waals surface area contributed by atoms with Crippen molar-refractivity contribution >= 4 is 17.0 Å². The Morgan fingerprint density at radius 1 is 1.33 bits per heavy atom. The first-order valence-corrected chi connectivity index (χ1v) is 5.83. The van der Waals surface area contributed by atoms with E-state index in [1.807, 2.05) is 11.7 Å². The average Bonchev–Trinajstić information content (AvgIpc) is 2.73. The molecule has 15 heavy (non-hydrogen) atoms. The molecule has 78 valence electrons. The third-order valence-electron chi connectivity index (χ3n) is 2.54. The largest absolute Gasteiger partial charge is 0.380 e. The molecule has 0 aliphatic rings. The summed E-state index contributed by atoms with van der Waals surface area (Å²) in [7, 11) is 0. The van der Waals surface area contributed by atoms with Crippen molar-refractivity contribution in [3.8, 4) is 0 Å². The molecule has 2 rings (SSSR count). The van der Waals surface area contributed by atoms with Crippen LogP contribution in [0.3, 0.4) is 0 Å². The molecule has 0 saturated carbocycles. The van der Waals surface area contributed by atoms with E-state index in [1.54, 1.807) is 11.3 Å². The fourth-order valence-electron chi connectivity index (χ4n) is 1.45. The van der Waals surface area contributed by atoms with Gasteiger partial charge in [0.25, 0.3) is 0 Å². The monoisotopic (exact) mass is 218 g/mol. The van der Waals surface area contributed by atoms with Crippen LogP contribution in [0.5, 0.6) is 0 Å². The van der Waals surface area contributed by atoms with Gasteiger partial charge in [0.05, 0.1) is 12.1 Å². The molecule has 0 saturated heterocycles. The molecule has 0 radical (unpaired) electrons. The van der Waals surface area contributed by atoms with E-state index in [9.17, 15) is 0 Å². The number of hydrogen-bond acceptors (Lipinski definition) is 3. The highest BCUT2D eigenvalue weighted by atomic mass is 32.1. The van der Waals surface area contributed by atoms with E-state index in [1.165, 1.54) is 21.7 Å².